The Balaban J connectivity index is 0.00000364. The van der Waals surface area contributed by atoms with Crippen molar-refractivity contribution in [2.75, 3.05) is 38.7 Å². The summed E-state index contributed by atoms with van der Waals surface area (Å²) in [6, 6.07) is 8.31. The van der Waals surface area contributed by atoms with Gasteiger partial charge < -0.3 is 25.6 Å². The zero-order valence-corrected chi connectivity index (χ0v) is 19.2. The molecule has 1 aliphatic heterocycles. The number of aliphatic imine (C=N–C) groups is 1. The lowest BCUT2D eigenvalue weighted by molar-refractivity contribution is -0.121. The number of halogens is 1. The van der Waals surface area contributed by atoms with Gasteiger partial charge in [-0.2, -0.15) is 0 Å². The predicted molar refractivity (Wildman–Crippen MR) is 121 cm³/mol. The Bertz CT molecular complexity index is 645. The van der Waals surface area contributed by atoms with E-state index in [0.29, 0.717) is 5.96 Å². The van der Waals surface area contributed by atoms with Crippen molar-refractivity contribution in [3.63, 3.8) is 0 Å². The Morgan fingerprint density at radius 3 is 2.67 bits per heavy atom. The predicted octanol–water partition coefficient (Wildman–Crippen LogP) is 1.97. The van der Waals surface area contributed by atoms with Crippen LogP contribution in [0.3, 0.4) is 0 Å². The lowest BCUT2D eigenvalue weighted by Gasteiger charge is -2.23. The molecule has 0 aromatic heterocycles. The SMILES string of the molecule is CN=C(NCC(=O)NC(C)(C)C)NC1CCN(c2ccccc2OC)C1.I. The molecule has 0 bridgehead atoms. The van der Waals surface area contributed by atoms with Crippen LogP contribution in [-0.4, -0.2) is 57.2 Å². The first kappa shape index (κ1) is 23.3. The number of rotatable bonds is 5. The average molecular weight is 489 g/mol. The van der Waals surface area contributed by atoms with Crippen molar-refractivity contribution in [3.05, 3.63) is 24.3 Å². The highest BCUT2D eigenvalue weighted by Crippen LogP contribution is 2.30. The maximum Gasteiger partial charge on any atom is 0.239 e. The van der Waals surface area contributed by atoms with Crippen LogP contribution in [0.1, 0.15) is 27.2 Å². The van der Waals surface area contributed by atoms with E-state index in [1.807, 2.05) is 39.0 Å². The number of para-hydroxylation sites is 2. The molecular formula is C19H32IN5O2. The Kier molecular flexibility index (Phi) is 9.14. The van der Waals surface area contributed by atoms with Gasteiger partial charge in [0.1, 0.15) is 5.75 Å². The molecule has 1 aliphatic rings. The van der Waals surface area contributed by atoms with Crippen molar-refractivity contribution >= 4 is 41.5 Å². The standard InChI is InChI=1S/C19H31N5O2.HI/c1-19(2,3)23-17(25)12-21-18(20-4)22-14-10-11-24(13-14)15-8-6-7-9-16(15)26-5;/h6-9,14H,10-13H2,1-5H3,(H,23,25)(H2,20,21,22);1H. The van der Waals surface area contributed by atoms with Crippen LogP contribution in [0.2, 0.25) is 0 Å². The summed E-state index contributed by atoms with van der Waals surface area (Å²) < 4.78 is 5.46. The molecule has 1 heterocycles. The van der Waals surface area contributed by atoms with Gasteiger partial charge in [-0.1, -0.05) is 12.1 Å². The lowest BCUT2D eigenvalue weighted by Crippen LogP contribution is -2.50. The molecule has 1 atom stereocenters. The van der Waals surface area contributed by atoms with Crippen LogP contribution in [-0.2, 0) is 4.79 Å². The van der Waals surface area contributed by atoms with Gasteiger partial charge >= 0.3 is 0 Å². The number of nitrogens with one attached hydrogen (secondary N) is 3. The number of carbonyl (C=O) groups excluding carboxylic acids is 1. The second-order valence-corrected chi connectivity index (χ2v) is 7.47. The molecule has 0 radical (unpaired) electrons. The number of methoxy groups -OCH3 is 1. The minimum Gasteiger partial charge on any atom is -0.495 e. The molecule has 3 N–H and O–H groups in total. The second kappa shape index (κ2) is 10.6. The molecule has 8 heteroatoms. The van der Waals surface area contributed by atoms with Gasteiger partial charge in [0.05, 0.1) is 19.3 Å². The molecule has 27 heavy (non-hydrogen) atoms. The van der Waals surface area contributed by atoms with Crippen molar-refractivity contribution in [3.8, 4) is 5.75 Å². The summed E-state index contributed by atoms with van der Waals surface area (Å²) in [4.78, 5) is 18.5. The summed E-state index contributed by atoms with van der Waals surface area (Å²) >= 11 is 0. The average Bonchev–Trinajstić information content (AvgIpc) is 3.05. The van der Waals surface area contributed by atoms with Crippen LogP contribution in [0.25, 0.3) is 0 Å². The largest absolute Gasteiger partial charge is 0.495 e. The third kappa shape index (κ3) is 7.43. The number of ether oxygens (including phenoxy) is 1. The van der Waals surface area contributed by atoms with E-state index in [2.05, 4.69) is 31.9 Å². The van der Waals surface area contributed by atoms with Crippen molar-refractivity contribution in [1.29, 1.82) is 0 Å². The molecule has 152 valence electrons. The lowest BCUT2D eigenvalue weighted by atomic mass is 10.1. The minimum absolute atomic E-state index is 0. The monoisotopic (exact) mass is 489 g/mol. The van der Waals surface area contributed by atoms with Crippen molar-refractivity contribution in [2.45, 2.75) is 38.8 Å². The maximum absolute atomic E-state index is 11.9. The molecule has 0 spiro atoms. The van der Waals surface area contributed by atoms with Gasteiger partial charge in [0.25, 0.3) is 0 Å². The summed E-state index contributed by atoms with van der Waals surface area (Å²) in [5.74, 6) is 1.47. The fourth-order valence-corrected chi connectivity index (χ4v) is 3.00. The van der Waals surface area contributed by atoms with Crippen molar-refractivity contribution < 1.29 is 9.53 Å². The first-order chi connectivity index (χ1) is 12.3. The molecule has 7 nitrogen and oxygen atoms in total. The van der Waals surface area contributed by atoms with E-state index < -0.39 is 0 Å². The first-order valence-corrected chi connectivity index (χ1v) is 8.98. The Morgan fingerprint density at radius 1 is 1.33 bits per heavy atom. The zero-order chi connectivity index (χ0) is 19.2. The fourth-order valence-electron chi connectivity index (χ4n) is 3.00. The third-order valence-electron chi connectivity index (χ3n) is 4.11. The number of amides is 1. The van der Waals surface area contributed by atoms with Gasteiger partial charge in [-0.05, 0) is 39.3 Å². The van der Waals surface area contributed by atoms with Crippen LogP contribution in [0.4, 0.5) is 5.69 Å². The summed E-state index contributed by atoms with van der Waals surface area (Å²) in [5.41, 5.74) is 0.864. The molecule has 1 unspecified atom stereocenters. The molecular weight excluding hydrogens is 457 g/mol. The van der Waals surface area contributed by atoms with E-state index in [4.69, 9.17) is 4.74 Å². The Morgan fingerprint density at radius 2 is 2.04 bits per heavy atom. The van der Waals surface area contributed by atoms with Gasteiger partial charge in [0, 0.05) is 31.7 Å². The Hall–Kier alpha value is -1.71. The number of carbonyl (C=O) groups is 1. The highest BCUT2D eigenvalue weighted by Gasteiger charge is 2.25. The number of guanidine groups is 1. The van der Waals surface area contributed by atoms with E-state index in [9.17, 15) is 4.79 Å². The summed E-state index contributed by atoms with van der Waals surface area (Å²) in [6.07, 6.45) is 0.993. The topological polar surface area (TPSA) is 78.0 Å². The molecule has 1 fully saturated rings. The third-order valence-corrected chi connectivity index (χ3v) is 4.11. The van der Waals surface area contributed by atoms with Gasteiger partial charge in [0.15, 0.2) is 5.96 Å². The molecule has 0 aliphatic carbocycles. The first-order valence-electron chi connectivity index (χ1n) is 8.98. The van der Waals surface area contributed by atoms with E-state index >= 15 is 0 Å². The summed E-state index contributed by atoms with van der Waals surface area (Å²) in [7, 11) is 3.41. The van der Waals surface area contributed by atoms with Crippen molar-refractivity contribution in [2.24, 2.45) is 4.99 Å². The Labute approximate surface area is 179 Å². The number of benzene rings is 1. The molecule has 1 saturated heterocycles. The maximum atomic E-state index is 11.9. The molecule has 0 saturated carbocycles. The van der Waals surface area contributed by atoms with Gasteiger partial charge in [-0.3, -0.25) is 9.79 Å². The van der Waals surface area contributed by atoms with E-state index in [-0.39, 0.29) is 48.0 Å². The van der Waals surface area contributed by atoms with Crippen LogP contribution < -0.4 is 25.6 Å². The van der Waals surface area contributed by atoms with E-state index in [1.54, 1.807) is 14.2 Å². The summed E-state index contributed by atoms with van der Waals surface area (Å²) in [6.45, 7) is 7.88. The highest BCUT2D eigenvalue weighted by molar-refractivity contribution is 14.0. The highest BCUT2D eigenvalue weighted by atomic mass is 127. The summed E-state index contributed by atoms with van der Waals surface area (Å²) in [5, 5.41) is 9.40. The quantitative estimate of drug-likeness (QED) is 0.335. The molecule has 1 aromatic carbocycles. The smallest absolute Gasteiger partial charge is 0.239 e. The van der Waals surface area contributed by atoms with E-state index in [0.717, 1.165) is 30.9 Å². The molecule has 1 amide bonds. The van der Waals surface area contributed by atoms with Crippen molar-refractivity contribution in [1.82, 2.24) is 16.0 Å². The molecule has 1 aromatic rings. The van der Waals surface area contributed by atoms with Gasteiger partial charge in [-0.15, -0.1) is 24.0 Å². The number of nitrogens with zero attached hydrogens (tertiary/aromatic N) is 2. The van der Waals surface area contributed by atoms with Crippen LogP contribution >= 0.6 is 24.0 Å². The van der Waals surface area contributed by atoms with Crippen LogP contribution in [0, 0.1) is 0 Å². The number of hydrogen-bond donors (Lipinski definition) is 3. The molecule has 2 rings (SSSR count). The number of anilines is 1. The fraction of sp³-hybridized carbons (Fsp3) is 0.579. The zero-order valence-electron chi connectivity index (χ0n) is 16.8. The van der Waals surface area contributed by atoms with Gasteiger partial charge in [-0.25, -0.2) is 0 Å². The number of hydrogen-bond acceptors (Lipinski definition) is 4. The van der Waals surface area contributed by atoms with Crippen LogP contribution in [0.5, 0.6) is 5.75 Å². The van der Waals surface area contributed by atoms with E-state index in [1.165, 1.54) is 0 Å². The normalized spacial score (nSPS) is 17.1. The van der Waals surface area contributed by atoms with Crippen LogP contribution in [0.15, 0.2) is 29.3 Å². The second-order valence-electron chi connectivity index (χ2n) is 7.47. The van der Waals surface area contributed by atoms with Gasteiger partial charge in [0.2, 0.25) is 5.91 Å². The minimum atomic E-state index is -0.240.